The van der Waals surface area contributed by atoms with Crippen LogP contribution in [0.2, 0.25) is 0 Å². The van der Waals surface area contributed by atoms with Crippen molar-refractivity contribution in [3.8, 4) is 28.7 Å². The zero-order valence-electron chi connectivity index (χ0n) is 20.0. The molecule has 160 valence electrons. The van der Waals surface area contributed by atoms with Gasteiger partial charge in [-0.2, -0.15) is 15.5 Å². The fraction of sp³-hybridized carbons (Fsp3) is 0.0870. The molecule has 0 amide bonds. The molecule has 0 aliphatic rings. The predicted molar refractivity (Wildman–Crippen MR) is 121 cm³/mol. The number of hydrogen-bond acceptors (Lipinski definition) is 8. The number of nitriles is 1. The van der Waals surface area contributed by atoms with E-state index in [1.54, 1.807) is 36.5 Å². The summed E-state index contributed by atoms with van der Waals surface area (Å²) in [5.74, 6) is 0.434. The van der Waals surface area contributed by atoms with Crippen LogP contribution in [-0.2, 0) is 13.4 Å². The van der Waals surface area contributed by atoms with Crippen molar-refractivity contribution in [1.82, 2.24) is 34.3 Å². The molecule has 0 aliphatic carbocycles. The van der Waals surface area contributed by atoms with Gasteiger partial charge in [0.2, 0.25) is 0 Å². The average molecular weight is 438 g/mol. The van der Waals surface area contributed by atoms with Gasteiger partial charge in [-0.1, -0.05) is 24.3 Å². The topological polar surface area (TPSA) is 141 Å². The van der Waals surface area contributed by atoms with E-state index in [1.807, 2.05) is 12.1 Å². The Morgan fingerprint density at radius 1 is 1.09 bits per heavy atom. The highest BCUT2D eigenvalue weighted by Gasteiger charge is 2.22. The van der Waals surface area contributed by atoms with Crippen LogP contribution in [0.3, 0.4) is 0 Å². The Morgan fingerprint density at radius 2 is 1.94 bits per heavy atom. The lowest BCUT2D eigenvalue weighted by Gasteiger charge is -2.13. The Hall–Kier alpha value is -4.91. The second-order valence-corrected chi connectivity index (χ2v) is 7.08. The van der Waals surface area contributed by atoms with Crippen LogP contribution in [-0.4, -0.2) is 34.3 Å². The zero-order chi connectivity index (χ0) is 25.4. The van der Waals surface area contributed by atoms with E-state index in [4.69, 9.17) is 9.85 Å². The average Bonchev–Trinajstić information content (AvgIpc) is 3.28. The Kier molecular flexibility index (Phi) is 4.05. The summed E-state index contributed by atoms with van der Waals surface area (Å²) in [5, 5.41) is 18.4. The van der Waals surface area contributed by atoms with Crippen LogP contribution in [0.25, 0.3) is 28.3 Å². The Bertz CT molecular complexity index is 1700. The van der Waals surface area contributed by atoms with Crippen molar-refractivity contribution in [2.75, 3.05) is 5.73 Å². The lowest BCUT2D eigenvalue weighted by Crippen LogP contribution is -2.19. The first-order chi connectivity index (χ1) is 17.3. The smallest absolute Gasteiger partial charge is 0.266 e. The molecule has 10 nitrogen and oxygen atoms in total. The number of hydrogen-bond donors (Lipinski definition) is 1. The molecule has 4 heterocycles. The molecule has 2 N–H and O–H groups in total. The van der Waals surface area contributed by atoms with E-state index >= 15 is 0 Å². The molecule has 5 rings (SSSR count). The number of anilines is 1. The first-order valence-corrected chi connectivity index (χ1v) is 9.82. The Morgan fingerprint density at radius 3 is 2.73 bits per heavy atom. The molecule has 5 aromatic rings. The number of pyridine rings is 1. The van der Waals surface area contributed by atoms with Crippen molar-refractivity contribution in [1.29, 1.82) is 5.26 Å². The van der Waals surface area contributed by atoms with Crippen LogP contribution in [0.1, 0.15) is 21.2 Å². The van der Waals surface area contributed by atoms with Crippen molar-refractivity contribution >= 4 is 11.5 Å². The summed E-state index contributed by atoms with van der Waals surface area (Å²) in [5.41, 5.74) is 7.68. The second-order valence-electron chi connectivity index (χ2n) is 7.08. The first kappa shape index (κ1) is 16.7. The van der Waals surface area contributed by atoms with Gasteiger partial charge >= 0.3 is 0 Å². The molecule has 0 radical (unpaired) electrons. The minimum atomic E-state index is -2.81. The van der Waals surface area contributed by atoms with Gasteiger partial charge in [0.15, 0.2) is 17.3 Å². The summed E-state index contributed by atoms with van der Waals surface area (Å²) in [7, 11) is 0. The molecule has 0 bridgehead atoms. The third kappa shape index (κ3) is 3.57. The van der Waals surface area contributed by atoms with Crippen LogP contribution in [0.15, 0.2) is 65.6 Å². The van der Waals surface area contributed by atoms with Gasteiger partial charge in [-0.15, -0.1) is 0 Å². The zero-order valence-corrected chi connectivity index (χ0v) is 17.0. The van der Waals surface area contributed by atoms with Gasteiger partial charge in [-0.05, 0) is 24.3 Å². The quantitative estimate of drug-likeness (QED) is 0.449. The van der Waals surface area contributed by atoms with E-state index < -0.39 is 12.5 Å². The fourth-order valence-corrected chi connectivity index (χ4v) is 3.48. The van der Waals surface area contributed by atoms with Crippen LogP contribution in [0, 0.1) is 11.3 Å². The molecular formula is C23H17N9O. The predicted octanol–water partition coefficient (Wildman–Crippen LogP) is 1.99. The molecule has 0 spiro atoms. The molecule has 0 unspecified atom stereocenters. The van der Waals surface area contributed by atoms with Crippen LogP contribution < -0.4 is 11.3 Å². The normalized spacial score (nSPS) is 12.6. The van der Waals surface area contributed by atoms with Gasteiger partial charge in [0, 0.05) is 34.6 Å². The Balaban J connectivity index is 1.83. The van der Waals surface area contributed by atoms with Crippen molar-refractivity contribution in [3.63, 3.8) is 0 Å². The van der Waals surface area contributed by atoms with E-state index in [0.717, 1.165) is 11.8 Å². The van der Waals surface area contributed by atoms with Crippen LogP contribution >= 0.6 is 0 Å². The number of nitrogens with zero attached hydrogens (tertiary/aromatic N) is 8. The minimum absolute atomic E-state index is 0.0467. The molecule has 4 aromatic heterocycles. The summed E-state index contributed by atoms with van der Waals surface area (Å²) in [6.07, 6.45) is 1.96. The Labute approximate surface area is 191 Å². The summed E-state index contributed by atoms with van der Waals surface area (Å²) in [4.78, 5) is 25.6. The molecule has 10 heteroatoms. The lowest BCUT2D eigenvalue weighted by atomic mass is 10.0. The SMILES string of the molecule is [2H]C([2H])([2H])n1nc(-c2c(-c3ccccc3C#N)nc(N)c3nc(Cc4ccccn4)nn23)ccc1=O. The van der Waals surface area contributed by atoms with E-state index in [9.17, 15) is 10.1 Å². The van der Waals surface area contributed by atoms with Crippen LogP contribution in [0.5, 0.6) is 0 Å². The molecule has 0 aliphatic heterocycles. The highest BCUT2D eigenvalue weighted by molar-refractivity contribution is 5.83. The minimum Gasteiger partial charge on any atom is -0.381 e. The largest absolute Gasteiger partial charge is 0.381 e. The summed E-state index contributed by atoms with van der Waals surface area (Å²) < 4.78 is 24.9. The van der Waals surface area contributed by atoms with Gasteiger partial charge in [-0.25, -0.2) is 19.2 Å². The molecular weight excluding hydrogens is 418 g/mol. The standard InChI is InChI=1S/C23H17N9O/c1-31-19(33)10-9-17(29-31)21-20(16-8-3-2-6-14(16)13-24)28-22(25)23-27-18(30-32(21)23)12-15-7-4-5-11-26-15/h2-11H,12H2,1H3,(H2,25,28)/i1D3. The summed E-state index contributed by atoms with van der Waals surface area (Å²) in [6.45, 7) is -2.81. The van der Waals surface area contributed by atoms with Gasteiger partial charge < -0.3 is 5.73 Å². The molecule has 0 fully saturated rings. The summed E-state index contributed by atoms with van der Waals surface area (Å²) >= 11 is 0. The number of aromatic nitrogens is 7. The highest BCUT2D eigenvalue weighted by atomic mass is 16.1. The monoisotopic (exact) mass is 438 g/mol. The maximum atomic E-state index is 12.2. The van der Waals surface area contributed by atoms with Gasteiger partial charge in [0.25, 0.3) is 5.56 Å². The number of aryl methyl sites for hydroxylation is 1. The molecule has 0 saturated heterocycles. The maximum Gasteiger partial charge on any atom is 0.266 e. The number of nitrogens with two attached hydrogens (primary N) is 1. The third-order valence-corrected chi connectivity index (χ3v) is 4.96. The number of fused-ring (bicyclic) bond motifs is 1. The second kappa shape index (κ2) is 7.97. The third-order valence-electron chi connectivity index (χ3n) is 4.96. The highest BCUT2D eigenvalue weighted by Crippen LogP contribution is 2.33. The van der Waals surface area contributed by atoms with Crippen molar-refractivity contribution in [2.24, 2.45) is 6.98 Å². The number of benzene rings is 1. The lowest BCUT2D eigenvalue weighted by molar-refractivity contribution is 0.708. The fourth-order valence-electron chi connectivity index (χ4n) is 3.48. The van der Waals surface area contributed by atoms with Crippen molar-refractivity contribution in [3.05, 3.63) is 88.2 Å². The molecule has 1 aromatic carbocycles. The van der Waals surface area contributed by atoms with Crippen LogP contribution in [0.4, 0.5) is 5.82 Å². The van der Waals surface area contributed by atoms with Gasteiger partial charge in [-0.3, -0.25) is 9.78 Å². The molecule has 33 heavy (non-hydrogen) atoms. The summed E-state index contributed by atoms with van der Waals surface area (Å²) in [6, 6.07) is 16.8. The number of nitrogen functional groups attached to an aromatic ring is 1. The van der Waals surface area contributed by atoms with Crippen molar-refractivity contribution in [2.45, 2.75) is 6.42 Å². The van der Waals surface area contributed by atoms with E-state index in [1.165, 1.54) is 10.6 Å². The molecule has 0 saturated carbocycles. The first-order valence-electron chi connectivity index (χ1n) is 11.3. The maximum absolute atomic E-state index is 12.2. The van der Waals surface area contributed by atoms with E-state index in [2.05, 4.69) is 31.2 Å². The van der Waals surface area contributed by atoms with Gasteiger partial charge in [0.05, 0.1) is 18.1 Å². The van der Waals surface area contributed by atoms with Gasteiger partial charge in [0.1, 0.15) is 17.1 Å². The molecule has 0 atom stereocenters. The number of rotatable bonds is 4. The van der Waals surface area contributed by atoms with E-state index in [0.29, 0.717) is 28.1 Å². The van der Waals surface area contributed by atoms with E-state index in [-0.39, 0.29) is 28.5 Å². The van der Waals surface area contributed by atoms with Crippen molar-refractivity contribution < 1.29 is 4.11 Å².